The summed E-state index contributed by atoms with van der Waals surface area (Å²) in [5.74, 6) is 1.74. The first-order valence-electron chi connectivity index (χ1n) is 8.35. The molecule has 0 spiro atoms. The Hall–Kier alpha value is -0.120. The Balaban J connectivity index is 1.68. The van der Waals surface area contributed by atoms with E-state index in [4.69, 9.17) is 5.73 Å². The van der Waals surface area contributed by atoms with E-state index in [9.17, 15) is 0 Å². The molecule has 0 radical (unpaired) electrons. The maximum atomic E-state index is 5.78. The second-order valence-electron chi connectivity index (χ2n) is 6.73. The molecule has 112 valence electrons. The van der Waals surface area contributed by atoms with Crippen LogP contribution in [0.2, 0.25) is 0 Å². The Labute approximate surface area is 119 Å². The lowest BCUT2D eigenvalue weighted by atomic mass is 9.81. The fraction of sp³-hybridized carbons (Fsp3) is 1.00. The topological polar surface area (TPSA) is 32.5 Å². The van der Waals surface area contributed by atoms with Gasteiger partial charge in [-0.25, -0.2) is 0 Å². The Morgan fingerprint density at radius 2 is 1.58 bits per heavy atom. The third-order valence-corrected chi connectivity index (χ3v) is 5.47. The van der Waals surface area contributed by atoms with Gasteiger partial charge in [-0.3, -0.25) is 0 Å². The van der Waals surface area contributed by atoms with E-state index in [2.05, 4.69) is 23.8 Å². The molecule has 0 atom stereocenters. The van der Waals surface area contributed by atoms with Crippen molar-refractivity contribution < 1.29 is 0 Å². The number of piperidine rings is 1. The van der Waals surface area contributed by atoms with Gasteiger partial charge in [0, 0.05) is 12.6 Å². The van der Waals surface area contributed by atoms with Crippen LogP contribution in [0.5, 0.6) is 0 Å². The maximum Gasteiger partial charge on any atom is 0.0117 e. The van der Waals surface area contributed by atoms with Crippen LogP contribution in [-0.2, 0) is 0 Å². The molecule has 1 saturated heterocycles. The average Bonchev–Trinajstić information content (AvgIpc) is 2.48. The summed E-state index contributed by atoms with van der Waals surface area (Å²) < 4.78 is 0. The molecule has 1 saturated carbocycles. The molecule has 3 nitrogen and oxygen atoms in total. The standard InChI is InChI=1S/C16H33N3/c1-3-19-10-8-16(9-11-19)18(2)13-15-6-4-14(12-17)5-7-15/h14-16H,3-13,17H2,1-2H3. The molecule has 2 N–H and O–H groups in total. The molecule has 1 aliphatic heterocycles. The highest BCUT2D eigenvalue weighted by molar-refractivity contribution is 4.81. The summed E-state index contributed by atoms with van der Waals surface area (Å²) in [7, 11) is 2.35. The molecule has 3 heteroatoms. The zero-order valence-electron chi connectivity index (χ0n) is 13.0. The summed E-state index contributed by atoms with van der Waals surface area (Å²) in [6.07, 6.45) is 8.26. The van der Waals surface area contributed by atoms with Crippen molar-refractivity contribution >= 4 is 0 Å². The molecule has 0 aromatic heterocycles. The van der Waals surface area contributed by atoms with Crippen molar-refractivity contribution in [3.8, 4) is 0 Å². The minimum absolute atomic E-state index is 0.814. The van der Waals surface area contributed by atoms with Gasteiger partial charge in [0.25, 0.3) is 0 Å². The van der Waals surface area contributed by atoms with Gasteiger partial charge < -0.3 is 15.5 Å². The fourth-order valence-corrected chi connectivity index (χ4v) is 3.88. The molecule has 2 rings (SSSR count). The predicted molar refractivity (Wildman–Crippen MR) is 82.3 cm³/mol. The molecule has 0 aromatic carbocycles. The molecule has 0 aromatic rings. The third-order valence-electron chi connectivity index (χ3n) is 5.47. The van der Waals surface area contributed by atoms with E-state index in [-0.39, 0.29) is 0 Å². The Morgan fingerprint density at radius 1 is 1.00 bits per heavy atom. The van der Waals surface area contributed by atoms with Gasteiger partial charge in [0.05, 0.1) is 0 Å². The minimum atomic E-state index is 0.814. The number of hydrogen-bond donors (Lipinski definition) is 1. The van der Waals surface area contributed by atoms with Gasteiger partial charge in [-0.2, -0.15) is 0 Å². The van der Waals surface area contributed by atoms with Crippen LogP contribution in [-0.4, -0.2) is 55.6 Å². The molecule has 2 fully saturated rings. The number of nitrogens with zero attached hydrogens (tertiary/aromatic N) is 2. The van der Waals surface area contributed by atoms with E-state index in [0.29, 0.717) is 0 Å². The highest BCUT2D eigenvalue weighted by Gasteiger charge is 2.25. The number of hydrogen-bond acceptors (Lipinski definition) is 3. The summed E-state index contributed by atoms with van der Waals surface area (Å²) in [5.41, 5.74) is 5.78. The molecule has 0 bridgehead atoms. The quantitative estimate of drug-likeness (QED) is 0.828. The van der Waals surface area contributed by atoms with Gasteiger partial charge in [-0.05, 0) is 83.6 Å². The van der Waals surface area contributed by atoms with Crippen molar-refractivity contribution in [1.82, 2.24) is 9.80 Å². The van der Waals surface area contributed by atoms with Crippen LogP contribution < -0.4 is 5.73 Å². The molecule has 0 amide bonds. The number of likely N-dealkylation sites (tertiary alicyclic amines) is 1. The van der Waals surface area contributed by atoms with Gasteiger partial charge in [0.15, 0.2) is 0 Å². The van der Waals surface area contributed by atoms with Gasteiger partial charge in [0.2, 0.25) is 0 Å². The molecule has 2 aliphatic rings. The maximum absolute atomic E-state index is 5.78. The van der Waals surface area contributed by atoms with E-state index < -0.39 is 0 Å². The lowest BCUT2D eigenvalue weighted by molar-refractivity contribution is 0.107. The van der Waals surface area contributed by atoms with Crippen molar-refractivity contribution in [3.63, 3.8) is 0 Å². The number of rotatable bonds is 5. The van der Waals surface area contributed by atoms with Crippen LogP contribution in [0.25, 0.3) is 0 Å². The molecular weight excluding hydrogens is 234 g/mol. The zero-order valence-corrected chi connectivity index (χ0v) is 13.0. The van der Waals surface area contributed by atoms with Crippen molar-refractivity contribution in [2.75, 3.05) is 39.8 Å². The molecular formula is C16H33N3. The Kier molecular flexibility index (Phi) is 6.11. The van der Waals surface area contributed by atoms with Crippen molar-refractivity contribution in [1.29, 1.82) is 0 Å². The van der Waals surface area contributed by atoms with E-state index in [0.717, 1.165) is 24.4 Å². The lowest BCUT2D eigenvalue weighted by Gasteiger charge is -2.39. The smallest absolute Gasteiger partial charge is 0.0117 e. The van der Waals surface area contributed by atoms with Crippen LogP contribution in [0, 0.1) is 11.8 Å². The summed E-state index contributed by atoms with van der Waals surface area (Å²) in [6, 6.07) is 0.829. The van der Waals surface area contributed by atoms with Crippen molar-refractivity contribution in [2.24, 2.45) is 17.6 Å². The second-order valence-corrected chi connectivity index (χ2v) is 6.73. The summed E-state index contributed by atoms with van der Waals surface area (Å²) in [4.78, 5) is 5.23. The van der Waals surface area contributed by atoms with E-state index in [1.54, 1.807) is 0 Å². The van der Waals surface area contributed by atoms with Crippen LogP contribution in [0.15, 0.2) is 0 Å². The first-order chi connectivity index (χ1) is 9.22. The van der Waals surface area contributed by atoms with Gasteiger partial charge in [-0.15, -0.1) is 0 Å². The third kappa shape index (κ3) is 4.44. The average molecular weight is 267 g/mol. The van der Waals surface area contributed by atoms with Crippen LogP contribution in [0.4, 0.5) is 0 Å². The highest BCUT2D eigenvalue weighted by atomic mass is 15.2. The van der Waals surface area contributed by atoms with Gasteiger partial charge in [-0.1, -0.05) is 6.92 Å². The zero-order chi connectivity index (χ0) is 13.7. The molecule has 0 unspecified atom stereocenters. The van der Waals surface area contributed by atoms with E-state index in [1.807, 2.05) is 0 Å². The number of nitrogens with two attached hydrogens (primary N) is 1. The SMILES string of the molecule is CCN1CCC(N(C)CC2CCC(CN)CC2)CC1. The van der Waals surface area contributed by atoms with Crippen LogP contribution in [0.3, 0.4) is 0 Å². The molecule has 1 aliphatic carbocycles. The van der Waals surface area contributed by atoms with Gasteiger partial charge in [0.1, 0.15) is 0 Å². The summed E-state index contributed by atoms with van der Waals surface area (Å²) >= 11 is 0. The fourth-order valence-electron chi connectivity index (χ4n) is 3.88. The van der Waals surface area contributed by atoms with Gasteiger partial charge >= 0.3 is 0 Å². The predicted octanol–water partition coefficient (Wildman–Crippen LogP) is 2.17. The largest absolute Gasteiger partial charge is 0.330 e. The van der Waals surface area contributed by atoms with Crippen molar-refractivity contribution in [2.45, 2.75) is 51.5 Å². The minimum Gasteiger partial charge on any atom is -0.330 e. The first-order valence-corrected chi connectivity index (χ1v) is 8.35. The summed E-state index contributed by atoms with van der Waals surface area (Å²) in [5, 5.41) is 0. The second kappa shape index (κ2) is 7.61. The van der Waals surface area contributed by atoms with Crippen molar-refractivity contribution in [3.05, 3.63) is 0 Å². The summed E-state index contributed by atoms with van der Waals surface area (Å²) in [6.45, 7) is 8.31. The normalized spacial score (nSPS) is 30.9. The van der Waals surface area contributed by atoms with Crippen LogP contribution in [0.1, 0.15) is 45.4 Å². The highest BCUT2D eigenvalue weighted by Crippen LogP contribution is 2.29. The Bertz CT molecular complexity index is 240. The van der Waals surface area contributed by atoms with E-state index >= 15 is 0 Å². The van der Waals surface area contributed by atoms with Crippen LogP contribution >= 0.6 is 0 Å². The van der Waals surface area contributed by atoms with E-state index in [1.165, 1.54) is 64.7 Å². The molecule has 19 heavy (non-hydrogen) atoms. The first kappa shape index (κ1) is 15.3. The molecule has 1 heterocycles. The lowest BCUT2D eigenvalue weighted by Crippen LogP contribution is -2.45. The monoisotopic (exact) mass is 267 g/mol. The Morgan fingerprint density at radius 3 is 2.11 bits per heavy atom.